The van der Waals surface area contributed by atoms with Crippen molar-refractivity contribution < 1.29 is 41.9 Å². The van der Waals surface area contributed by atoms with Gasteiger partial charge < -0.3 is 29.9 Å². The van der Waals surface area contributed by atoms with E-state index in [1.54, 1.807) is 4.90 Å². The SMILES string of the molecule is C=C[C@H]1C[C@]1(NC(=O)[C@@H]1C[C@@H]2CN1C(=O)[C@H](C1CCCCC1)NC(=O)OCCC/C=C/c1cccc3c1CCN(C3)C(=O)O2)C(=O)NS(=O)(=O)C1CC1. The average molecular weight is 752 g/mol. The molecule has 0 unspecified atom stereocenters. The third-order valence-corrected chi connectivity index (χ3v) is 13.5. The summed E-state index contributed by atoms with van der Waals surface area (Å²) in [5, 5.41) is 4.95. The monoisotopic (exact) mass is 751 g/mol. The predicted octanol–water partition coefficient (Wildman–Crippen LogP) is 3.30. The predicted molar refractivity (Wildman–Crippen MR) is 193 cm³/mol. The molecule has 5 atom stereocenters. The molecule has 14 nitrogen and oxygen atoms in total. The van der Waals surface area contributed by atoms with Crippen LogP contribution in [0.4, 0.5) is 9.59 Å². The van der Waals surface area contributed by atoms with Crippen molar-refractivity contribution in [3.8, 4) is 0 Å². The molecule has 4 aliphatic heterocycles. The highest BCUT2D eigenvalue weighted by molar-refractivity contribution is 7.91. The quantitative estimate of drug-likeness (QED) is 0.353. The lowest BCUT2D eigenvalue weighted by Crippen LogP contribution is -2.59. The molecule has 5 amide bonds. The molecule has 6 bridgehead atoms. The van der Waals surface area contributed by atoms with Crippen LogP contribution in [-0.2, 0) is 46.8 Å². The van der Waals surface area contributed by atoms with Gasteiger partial charge in [0.15, 0.2) is 0 Å². The Morgan fingerprint density at radius 3 is 2.58 bits per heavy atom. The molecule has 53 heavy (non-hydrogen) atoms. The van der Waals surface area contributed by atoms with Crippen molar-refractivity contribution in [2.75, 3.05) is 19.7 Å². The lowest BCUT2D eigenvalue weighted by atomic mass is 9.83. The summed E-state index contributed by atoms with van der Waals surface area (Å²) in [7, 11) is -3.90. The van der Waals surface area contributed by atoms with Crippen molar-refractivity contribution in [1.82, 2.24) is 25.2 Å². The van der Waals surface area contributed by atoms with Crippen molar-refractivity contribution in [2.24, 2.45) is 11.8 Å². The summed E-state index contributed by atoms with van der Waals surface area (Å²) in [6.07, 6.45) is 10.5. The van der Waals surface area contributed by atoms with Crippen LogP contribution in [0, 0.1) is 11.8 Å². The van der Waals surface area contributed by atoms with E-state index < -0.39 is 74.8 Å². The third kappa shape index (κ3) is 7.95. The number of benzene rings is 1. The van der Waals surface area contributed by atoms with Crippen molar-refractivity contribution in [2.45, 2.75) is 113 Å². The summed E-state index contributed by atoms with van der Waals surface area (Å²) < 4.78 is 39.1. The number of rotatable bonds is 7. The van der Waals surface area contributed by atoms with Gasteiger partial charge in [-0.25, -0.2) is 18.0 Å². The zero-order chi connectivity index (χ0) is 37.3. The van der Waals surface area contributed by atoms with Crippen LogP contribution in [0.1, 0.15) is 87.3 Å². The summed E-state index contributed by atoms with van der Waals surface area (Å²) in [4.78, 5) is 72.1. The standard InChI is InChI=1S/C38H49N5O9S/c1-2-27-21-38(27,35(46)41-53(49,50)29-15-16-29)40-33(44)31-20-28-23-43(31)34(45)32(25-11-5-3-6-12-25)39-36(47)51-19-8-4-7-10-24-13-9-14-26-22-42(37(48)52-28)18-17-30(24)26/h2,7,9-10,13-14,25,27-29,31-32H,1,3-6,8,11-12,15-23H2,(H,39,47)(H,40,44)(H,41,46)/b10-7+/t27-,28+,31-,32-,38+/m0/s1. The topological polar surface area (TPSA) is 181 Å². The molecule has 3 saturated carbocycles. The van der Waals surface area contributed by atoms with E-state index in [2.05, 4.69) is 28.0 Å². The van der Waals surface area contributed by atoms with Gasteiger partial charge in [0.25, 0.3) is 5.91 Å². The number of alkyl carbamates (subject to hydrolysis) is 1. The second-order valence-electron chi connectivity index (χ2n) is 15.3. The molecule has 15 heteroatoms. The minimum absolute atomic E-state index is 0.0542. The molecule has 0 spiro atoms. The number of fused-ring (bicyclic) bond motifs is 10. The van der Waals surface area contributed by atoms with Gasteiger partial charge in [-0.05, 0) is 74.0 Å². The molecule has 3 aliphatic carbocycles. The number of carbonyl (C=O) groups is 5. The zero-order valence-electron chi connectivity index (χ0n) is 29.9. The largest absolute Gasteiger partial charge is 0.450 e. The van der Waals surface area contributed by atoms with E-state index in [0.29, 0.717) is 58.0 Å². The first-order valence-electron chi connectivity index (χ1n) is 19.0. The van der Waals surface area contributed by atoms with E-state index in [0.717, 1.165) is 36.0 Å². The number of nitrogens with zero attached hydrogens (tertiary/aromatic N) is 2. The van der Waals surface area contributed by atoms with Gasteiger partial charge in [0.1, 0.15) is 23.7 Å². The lowest BCUT2D eigenvalue weighted by molar-refractivity contribution is -0.142. The number of nitrogens with one attached hydrogen (secondary N) is 3. The highest BCUT2D eigenvalue weighted by Crippen LogP contribution is 2.45. The van der Waals surface area contributed by atoms with Crippen LogP contribution >= 0.6 is 0 Å². The number of hydrogen-bond acceptors (Lipinski definition) is 9. The Kier molecular flexibility index (Phi) is 10.6. The fourth-order valence-electron chi connectivity index (χ4n) is 8.33. The summed E-state index contributed by atoms with van der Waals surface area (Å²) in [6, 6.07) is 3.81. The van der Waals surface area contributed by atoms with Gasteiger partial charge in [-0.1, -0.05) is 55.7 Å². The Hall–Kier alpha value is -4.40. The Bertz CT molecular complexity index is 1790. The van der Waals surface area contributed by atoms with Crippen LogP contribution in [0.2, 0.25) is 0 Å². The molecule has 3 N–H and O–H groups in total. The van der Waals surface area contributed by atoms with Gasteiger partial charge in [-0.3, -0.25) is 19.1 Å². The third-order valence-electron chi connectivity index (χ3n) is 11.6. The molecule has 286 valence electrons. The van der Waals surface area contributed by atoms with E-state index in [-0.39, 0.29) is 31.9 Å². The highest BCUT2D eigenvalue weighted by Gasteiger charge is 2.62. The summed E-state index contributed by atoms with van der Waals surface area (Å²) in [5.74, 6) is -2.77. The number of allylic oxidation sites excluding steroid dienone is 1. The van der Waals surface area contributed by atoms with E-state index >= 15 is 0 Å². The van der Waals surface area contributed by atoms with Crippen molar-refractivity contribution >= 4 is 46.0 Å². The molecular weight excluding hydrogens is 703 g/mol. The van der Waals surface area contributed by atoms with Crippen molar-refractivity contribution in [1.29, 1.82) is 0 Å². The number of sulfonamides is 1. The second-order valence-corrected chi connectivity index (χ2v) is 17.2. The Labute approximate surface area is 310 Å². The normalized spacial score (nSPS) is 30.4. The zero-order valence-corrected chi connectivity index (χ0v) is 30.7. The Morgan fingerprint density at radius 2 is 1.85 bits per heavy atom. The molecule has 4 heterocycles. The Balaban J connectivity index is 1.16. The van der Waals surface area contributed by atoms with Crippen molar-refractivity contribution in [3.05, 3.63) is 53.6 Å². The molecule has 8 rings (SSSR count). The number of ether oxygens (including phenoxy) is 2. The lowest BCUT2D eigenvalue weighted by Gasteiger charge is -2.34. The summed E-state index contributed by atoms with van der Waals surface area (Å²) >= 11 is 0. The van der Waals surface area contributed by atoms with Crippen molar-refractivity contribution in [3.63, 3.8) is 0 Å². The molecule has 1 aromatic carbocycles. The molecular formula is C38H49N5O9S. The van der Waals surface area contributed by atoms with Crippen LogP contribution < -0.4 is 15.4 Å². The summed E-state index contributed by atoms with van der Waals surface area (Å²) in [5.41, 5.74) is 1.67. The average Bonchev–Trinajstić information content (AvgIpc) is 4.08. The highest BCUT2D eigenvalue weighted by atomic mass is 32.2. The minimum Gasteiger partial charge on any atom is -0.450 e. The molecule has 4 fully saturated rings. The molecule has 1 aromatic rings. The van der Waals surface area contributed by atoms with E-state index in [1.165, 1.54) is 11.0 Å². The maximum atomic E-state index is 14.6. The van der Waals surface area contributed by atoms with Crippen LogP contribution in [0.15, 0.2) is 36.9 Å². The van der Waals surface area contributed by atoms with Gasteiger partial charge >= 0.3 is 12.2 Å². The minimum atomic E-state index is -3.90. The van der Waals surface area contributed by atoms with E-state index in [1.807, 2.05) is 24.3 Å². The first-order valence-corrected chi connectivity index (χ1v) is 20.5. The number of amides is 5. The molecule has 1 saturated heterocycles. The van der Waals surface area contributed by atoms with Crippen LogP contribution in [-0.4, -0.2) is 96.8 Å². The fourth-order valence-corrected chi connectivity index (χ4v) is 9.70. The van der Waals surface area contributed by atoms with E-state index in [4.69, 9.17) is 9.47 Å². The fraction of sp³-hybridized carbons (Fsp3) is 0.605. The number of carbonyl (C=O) groups excluding carboxylic acids is 5. The van der Waals surface area contributed by atoms with E-state index in [9.17, 15) is 32.4 Å². The second kappa shape index (κ2) is 15.2. The Morgan fingerprint density at radius 1 is 1.06 bits per heavy atom. The first-order chi connectivity index (χ1) is 25.5. The maximum Gasteiger partial charge on any atom is 0.410 e. The first kappa shape index (κ1) is 36.9. The van der Waals surface area contributed by atoms with Crippen LogP contribution in [0.5, 0.6) is 0 Å². The molecule has 0 radical (unpaired) electrons. The maximum absolute atomic E-state index is 14.6. The number of hydrogen-bond donors (Lipinski definition) is 3. The van der Waals surface area contributed by atoms with Crippen LogP contribution in [0.3, 0.4) is 0 Å². The van der Waals surface area contributed by atoms with Gasteiger partial charge in [-0.15, -0.1) is 6.58 Å². The van der Waals surface area contributed by atoms with Gasteiger partial charge in [0.05, 0.1) is 18.4 Å². The van der Waals surface area contributed by atoms with Gasteiger partial charge in [-0.2, -0.15) is 0 Å². The summed E-state index contributed by atoms with van der Waals surface area (Å²) in [6.45, 7) is 4.60. The molecule has 0 aromatic heterocycles. The smallest absolute Gasteiger partial charge is 0.410 e. The molecule has 7 aliphatic rings. The van der Waals surface area contributed by atoms with Crippen LogP contribution in [0.25, 0.3) is 6.08 Å². The van der Waals surface area contributed by atoms with Gasteiger partial charge in [0, 0.05) is 25.4 Å². The van der Waals surface area contributed by atoms with Gasteiger partial charge in [0.2, 0.25) is 21.8 Å².